The molecule has 7 nitrogen and oxygen atoms in total. The summed E-state index contributed by atoms with van der Waals surface area (Å²) < 4.78 is 17.8. The molecule has 2 aliphatic rings. The lowest BCUT2D eigenvalue weighted by atomic mass is 9.64. The number of halogens is 1. The van der Waals surface area contributed by atoms with Crippen LogP contribution in [0.25, 0.3) is 16.6 Å². The Bertz CT molecular complexity index is 1400. The second kappa shape index (κ2) is 9.53. The summed E-state index contributed by atoms with van der Waals surface area (Å²) in [5, 5.41) is 15.4. The van der Waals surface area contributed by atoms with Crippen LogP contribution in [-0.4, -0.2) is 60.2 Å². The smallest absolute Gasteiger partial charge is 0.153 e. The summed E-state index contributed by atoms with van der Waals surface area (Å²) in [6.07, 6.45) is 6.37. The number of hydrogen-bond donors (Lipinski definition) is 0. The van der Waals surface area contributed by atoms with Gasteiger partial charge in [0.05, 0.1) is 23.6 Å². The number of aromatic nitrogens is 5. The Morgan fingerprint density at radius 3 is 2.54 bits per heavy atom. The van der Waals surface area contributed by atoms with Gasteiger partial charge in [-0.2, -0.15) is 15.0 Å². The van der Waals surface area contributed by atoms with Gasteiger partial charge < -0.3 is 0 Å². The Hall–Kier alpha value is -2.75. The molecule has 0 N–H and O–H groups in total. The highest BCUT2D eigenvalue weighted by Gasteiger charge is 2.39. The molecule has 2 aromatic heterocycles. The summed E-state index contributed by atoms with van der Waals surface area (Å²) in [6, 6.07) is 11.4. The third kappa shape index (κ3) is 5.04. The molecule has 0 bridgehead atoms. The van der Waals surface area contributed by atoms with E-state index in [4.69, 9.17) is 0 Å². The van der Waals surface area contributed by atoms with Crippen LogP contribution in [0.15, 0.2) is 53.8 Å². The van der Waals surface area contributed by atoms with Crippen molar-refractivity contribution in [2.75, 3.05) is 26.2 Å². The van der Waals surface area contributed by atoms with Crippen LogP contribution in [-0.2, 0) is 7.05 Å². The molecule has 2 aromatic carbocycles. The highest BCUT2D eigenvalue weighted by molar-refractivity contribution is 7.97. The number of rotatable bonds is 6. The number of aryl methyl sites for hydroxylation is 2. The first-order chi connectivity index (χ1) is 17.7. The van der Waals surface area contributed by atoms with E-state index in [2.05, 4.69) is 57.4 Å². The molecule has 1 saturated heterocycles. The van der Waals surface area contributed by atoms with E-state index in [1.807, 2.05) is 24.1 Å². The summed E-state index contributed by atoms with van der Waals surface area (Å²) in [7, 11) is 1.86. The lowest BCUT2D eigenvalue weighted by Crippen LogP contribution is -2.50. The molecule has 0 radical (unpaired) electrons. The van der Waals surface area contributed by atoms with E-state index in [-0.39, 0.29) is 5.82 Å². The summed E-state index contributed by atoms with van der Waals surface area (Å²) in [4.78, 5) is 4.32. The number of nitrogens with zero attached hydrogens (tertiary/aromatic N) is 7. The number of benzene rings is 2. The number of hydrogen-bond acceptors (Lipinski definition) is 6. The van der Waals surface area contributed by atoms with Gasteiger partial charge in [0.1, 0.15) is 5.82 Å². The van der Waals surface area contributed by atoms with Crippen LogP contribution in [0.5, 0.6) is 0 Å². The van der Waals surface area contributed by atoms with E-state index in [0.717, 1.165) is 53.7 Å². The first-order valence-electron chi connectivity index (χ1n) is 13.0. The molecule has 0 spiro atoms. The van der Waals surface area contributed by atoms with Crippen molar-refractivity contribution in [1.29, 1.82) is 0 Å². The maximum Gasteiger partial charge on any atom is 0.153 e. The van der Waals surface area contributed by atoms with Crippen molar-refractivity contribution in [3.05, 3.63) is 65.7 Å². The van der Waals surface area contributed by atoms with Gasteiger partial charge in [-0.05, 0) is 90.6 Å². The van der Waals surface area contributed by atoms with Crippen molar-refractivity contribution in [3.8, 4) is 5.69 Å². The molecule has 0 amide bonds. The van der Waals surface area contributed by atoms with Gasteiger partial charge in [0.15, 0.2) is 5.03 Å². The van der Waals surface area contributed by atoms with Crippen LogP contribution in [0.2, 0.25) is 0 Å². The summed E-state index contributed by atoms with van der Waals surface area (Å²) in [5.74, 6) is 0.525. The van der Waals surface area contributed by atoms with Crippen LogP contribution in [0.3, 0.4) is 0 Å². The van der Waals surface area contributed by atoms with Crippen molar-refractivity contribution in [2.24, 2.45) is 18.4 Å². The maximum atomic E-state index is 13.5. The van der Waals surface area contributed by atoms with E-state index >= 15 is 0 Å². The zero-order chi connectivity index (χ0) is 25.7. The molecule has 194 valence electrons. The van der Waals surface area contributed by atoms with E-state index < -0.39 is 0 Å². The molecular formula is C28H34FN7S. The van der Waals surface area contributed by atoms with Crippen LogP contribution in [0.4, 0.5) is 4.39 Å². The molecule has 3 heterocycles. The van der Waals surface area contributed by atoms with Gasteiger partial charge in [0, 0.05) is 44.7 Å². The van der Waals surface area contributed by atoms with Gasteiger partial charge in [0.2, 0.25) is 0 Å². The quantitative estimate of drug-likeness (QED) is 0.318. The fourth-order valence-electron chi connectivity index (χ4n) is 6.20. The Morgan fingerprint density at radius 2 is 1.84 bits per heavy atom. The highest BCUT2D eigenvalue weighted by atomic mass is 32.2. The van der Waals surface area contributed by atoms with Crippen LogP contribution >= 0.6 is 11.9 Å². The van der Waals surface area contributed by atoms with E-state index in [1.54, 1.807) is 28.9 Å². The minimum atomic E-state index is -0.241. The Labute approximate surface area is 221 Å². The average Bonchev–Trinajstić information content (AvgIpc) is 3.44. The minimum Gasteiger partial charge on any atom is -0.293 e. The summed E-state index contributed by atoms with van der Waals surface area (Å²) in [6.45, 7) is 11.1. The molecular weight excluding hydrogens is 485 g/mol. The predicted octanol–water partition coefficient (Wildman–Crippen LogP) is 5.40. The van der Waals surface area contributed by atoms with E-state index in [1.165, 1.54) is 36.1 Å². The van der Waals surface area contributed by atoms with Crippen molar-refractivity contribution < 1.29 is 4.39 Å². The SMILES string of the molecule is Cc1cc2c(cnn2-c2ccc(F)cc2)cc1C1CN(Sc2cnn(C)n2)CCN1CC1CC(C)(C)C1. The zero-order valence-electron chi connectivity index (χ0n) is 21.9. The topological polar surface area (TPSA) is 55.0 Å². The standard InChI is InChI=1S/C28H34FN7S/c1-19-11-25-21(15-31-36(25)23-7-5-22(29)6-8-23)12-24(19)26-18-35(37-27-16-30-33(4)32-27)10-9-34(26)17-20-13-28(2,3)14-20/h5-8,11-12,15-16,20,26H,9-10,13-14,17-18H2,1-4H3. The highest BCUT2D eigenvalue weighted by Crippen LogP contribution is 2.46. The van der Waals surface area contributed by atoms with Crippen molar-refractivity contribution in [2.45, 2.75) is 44.7 Å². The molecule has 1 saturated carbocycles. The van der Waals surface area contributed by atoms with Crippen molar-refractivity contribution in [1.82, 2.24) is 34.0 Å². The van der Waals surface area contributed by atoms with Gasteiger partial charge in [-0.1, -0.05) is 13.8 Å². The third-order valence-electron chi connectivity index (χ3n) is 7.82. The minimum absolute atomic E-state index is 0.241. The molecule has 6 rings (SSSR count). The monoisotopic (exact) mass is 519 g/mol. The molecule has 1 aliphatic carbocycles. The lowest BCUT2D eigenvalue weighted by molar-refractivity contribution is 0.0281. The van der Waals surface area contributed by atoms with Gasteiger partial charge >= 0.3 is 0 Å². The lowest BCUT2D eigenvalue weighted by Gasteiger charge is -2.48. The molecule has 1 unspecified atom stereocenters. The molecule has 37 heavy (non-hydrogen) atoms. The second-order valence-electron chi connectivity index (χ2n) is 11.4. The van der Waals surface area contributed by atoms with Gasteiger partial charge in [-0.25, -0.2) is 13.4 Å². The van der Waals surface area contributed by atoms with E-state index in [9.17, 15) is 4.39 Å². The first kappa shape index (κ1) is 24.6. The van der Waals surface area contributed by atoms with Gasteiger partial charge in [-0.15, -0.1) is 5.10 Å². The van der Waals surface area contributed by atoms with Crippen molar-refractivity contribution >= 4 is 22.9 Å². The van der Waals surface area contributed by atoms with E-state index in [0.29, 0.717) is 11.5 Å². The summed E-state index contributed by atoms with van der Waals surface area (Å²) in [5.41, 5.74) is 5.00. The maximum absolute atomic E-state index is 13.5. The normalized spacial score (nSPS) is 20.9. The Kier molecular flexibility index (Phi) is 6.33. The zero-order valence-corrected chi connectivity index (χ0v) is 22.7. The Morgan fingerprint density at radius 1 is 1.05 bits per heavy atom. The predicted molar refractivity (Wildman–Crippen MR) is 145 cm³/mol. The van der Waals surface area contributed by atoms with Gasteiger partial charge in [-0.3, -0.25) is 4.90 Å². The van der Waals surface area contributed by atoms with Crippen LogP contribution in [0.1, 0.15) is 43.9 Å². The largest absolute Gasteiger partial charge is 0.293 e. The molecule has 4 aromatic rings. The first-order valence-corrected chi connectivity index (χ1v) is 13.8. The third-order valence-corrected chi connectivity index (χ3v) is 8.78. The number of piperazine rings is 1. The second-order valence-corrected chi connectivity index (χ2v) is 12.5. The van der Waals surface area contributed by atoms with Crippen LogP contribution in [0, 0.1) is 24.1 Å². The Balaban J connectivity index is 1.31. The van der Waals surface area contributed by atoms with Crippen molar-refractivity contribution in [3.63, 3.8) is 0 Å². The van der Waals surface area contributed by atoms with Gasteiger partial charge in [0.25, 0.3) is 0 Å². The average molecular weight is 520 g/mol. The molecule has 2 fully saturated rings. The molecule has 9 heteroatoms. The fraction of sp³-hybridized carbons (Fsp3) is 0.464. The number of fused-ring (bicyclic) bond motifs is 1. The summed E-state index contributed by atoms with van der Waals surface area (Å²) >= 11 is 1.70. The van der Waals surface area contributed by atoms with Crippen LogP contribution < -0.4 is 0 Å². The molecule has 1 atom stereocenters. The molecule has 1 aliphatic heterocycles. The fourth-order valence-corrected chi connectivity index (χ4v) is 7.10.